The van der Waals surface area contributed by atoms with Gasteiger partial charge in [0.1, 0.15) is 11.6 Å². The quantitative estimate of drug-likeness (QED) is 0.933. The Morgan fingerprint density at radius 1 is 1.29 bits per heavy atom. The molecule has 0 fully saturated rings. The van der Waals surface area contributed by atoms with Crippen LogP contribution >= 0.6 is 0 Å². The summed E-state index contributed by atoms with van der Waals surface area (Å²) in [7, 11) is 0. The van der Waals surface area contributed by atoms with Crippen molar-refractivity contribution in [2.24, 2.45) is 0 Å². The Bertz CT molecular complexity index is 622. The van der Waals surface area contributed by atoms with Crippen LogP contribution in [0.25, 0.3) is 0 Å². The summed E-state index contributed by atoms with van der Waals surface area (Å²) < 4.78 is 13.4. The van der Waals surface area contributed by atoms with Crippen LogP contribution in [0.3, 0.4) is 0 Å². The van der Waals surface area contributed by atoms with Crippen LogP contribution in [0.1, 0.15) is 25.0 Å². The van der Waals surface area contributed by atoms with E-state index in [9.17, 15) is 4.39 Å². The minimum Gasteiger partial charge on any atom is -0.326 e. The van der Waals surface area contributed by atoms with Crippen LogP contribution in [-0.4, -0.2) is 17.6 Å². The Labute approximate surface area is 124 Å². The van der Waals surface area contributed by atoms with E-state index in [4.69, 9.17) is 0 Å². The number of aromatic nitrogens is 1. The van der Waals surface area contributed by atoms with Crippen LogP contribution in [0, 0.1) is 5.82 Å². The molecule has 0 aliphatic carbocycles. The first-order valence-corrected chi connectivity index (χ1v) is 7.38. The molecule has 0 saturated heterocycles. The maximum Gasteiger partial charge on any atom is 0.132 e. The third-order valence-corrected chi connectivity index (χ3v) is 3.74. The van der Waals surface area contributed by atoms with Gasteiger partial charge in [0.15, 0.2) is 0 Å². The Morgan fingerprint density at radius 3 is 2.86 bits per heavy atom. The zero-order chi connectivity index (χ0) is 14.8. The number of halogens is 1. The molecule has 2 aromatic rings. The van der Waals surface area contributed by atoms with Crippen molar-refractivity contribution < 1.29 is 4.39 Å². The number of hydrogen-bond donors (Lipinski definition) is 1. The number of benzene rings is 1. The molecule has 3 nitrogen and oxygen atoms in total. The fourth-order valence-electron chi connectivity index (χ4n) is 2.59. The van der Waals surface area contributed by atoms with E-state index < -0.39 is 0 Å². The number of fused-ring (bicyclic) bond motifs is 1. The molecule has 3 rings (SSSR count). The summed E-state index contributed by atoms with van der Waals surface area (Å²) in [5, 5.41) is 3.37. The van der Waals surface area contributed by atoms with Gasteiger partial charge in [-0.1, -0.05) is 26.0 Å². The number of hydrogen-bond acceptors (Lipinski definition) is 3. The molecule has 1 aromatic heterocycles. The van der Waals surface area contributed by atoms with Gasteiger partial charge >= 0.3 is 0 Å². The van der Waals surface area contributed by atoms with E-state index >= 15 is 0 Å². The predicted molar refractivity (Wildman–Crippen MR) is 83.3 cm³/mol. The van der Waals surface area contributed by atoms with Gasteiger partial charge in [-0.3, -0.25) is 0 Å². The first-order valence-electron chi connectivity index (χ1n) is 7.38. The lowest BCUT2D eigenvalue weighted by Gasteiger charge is -2.18. The van der Waals surface area contributed by atoms with Crippen molar-refractivity contribution in [1.82, 2.24) is 10.3 Å². The van der Waals surface area contributed by atoms with E-state index in [1.54, 1.807) is 6.07 Å². The lowest BCUT2D eigenvalue weighted by Crippen LogP contribution is -2.22. The number of anilines is 2. The summed E-state index contributed by atoms with van der Waals surface area (Å²) in [4.78, 5) is 6.61. The van der Waals surface area contributed by atoms with Gasteiger partial charge < -0.3 is 10.2 Å². The largest absolute Gasteiger partial charge is 0.326 e. The first kappa shape index (κ1) is 14.0. The average molecular weight is 285 g/mol. The van der Waals surface area contributed by atoms with Crippen molar-refractivity contribution in [3.8, 4) is 0 Å². The summed E-state index contributed by atoms with van der Waals surface area (Å²) in [6.45, 7) is 5.92. The van der Waals surface area contributed by atoms with E-state index in [2.05, 4.69) is 35.1 Å². The van der Waals surface area contributed by atoms with Crippen LogP contribution in [0.15, 0.2) is 36.5 Å². The van der Waals surface area contributed by atoms with Crippen molar-refractivity contribution in [3.63, 3.8) is 0 Å². The molecule has 4 heteroatoms. The number of nitrogens with zero attached hydrogens (tertiary/aromatic N) is 2. The fraction of sp³-hybridized carbons (Fsp3) is 0.353. The van der Waals surface area contributed by atoms with Crippen molar-refractivity contribution in [2.45, 2.75) is 32.9 Å². The summed E-state index contributed by atoms with van der Waals surface area (Å²) in [6, 6.07) is 9.53. The van der Waals surface area contributed by atoms with Crippen molar-refractivity contribution in [1.29, 1.82) is 0 Å². The number of nitrogens with one attached hydrogen (secondary N) is 1. The maximum atomic E-state index is 13.4. The molecular weight excluding hydrogens is 265 g/mol. The van der Waals surface area contributed by atoms with Crippen LogP contribution in [-0.2, 0) is 13.0 Å². The molecule has 0 spiro atoms. The second-order valence-corrected chi connectivity index (χ2v) is 5.73. The highest BCUT2D eigenvalue weighted by molar-refractivity contribution is 5.67. The van der Waals surface area contributed by atoms with Crippen LogP contribution in [0.2, 0.25) is 0 Å². The van der Waals surface area contributed by atoms with Crippen LogP contribution < -0.4 is 10.2 Å². The molecule has 0 amide bonds. The average Bonchev–Trinajstić information content (AvgIpc) is 2.88. The normalized spacial score (nSPS) is 13.8. The predicted octanol–water partition coefficient (Wildman–Crippen LogP) is 3.41. The van der Waals surface area contributed by atoms with Crippen molar-refractivity contribution in [2.75, 3.05) is 11.4 Å². The van der Waals surface area contributed by atoms with E-state index in [0.29, 0.717) is 6.04 Å². The SMILES string of the molecule is CC(C)NCc1ccc(N2CCc3ccc(F)cc32)nc1. The Morgan fingerprint density at radius 2 is 2.14 bits per heavy atom. The molecule has 0 bridgehead atoms. The molecule has 1 aliphatic heterocycles. The van der Waals surface area contributed by atoms with Gasteiger partial charge in [-0.15, -0.1) is 0 Å². The summed E-state index contributed by atoms with van der Waals surface area (Å²) in [6.07, 6.45) is 2.83. The molecule has 2 heterocycles. The van der Waals surface area contributed by atoms with E-state index in [0.717, 1.165) is 36.6 Å². The standard InChI is InChI=1S/C17H20FN3/c1-12(2)19-10-13-3-6-17(20-11-13)21-8-7-14-4-5-15(18)9-16(14)21/h3-6,9,11-12,19H,7-8,10H2,1-2H3. The summed E-state index contributed by atoms with van der Waals surface area (Å²) in [5.41, 5.74) is 3.28. The number of pyridine rings is 1. The third-order valence-electron chi connectivity index (χ3n) is 3.74. The molecular formula is C17H20FN3. The van der Waals surface area contributed by atoms with Crippen LogP contribution in [0.4, 0.5) is 15.9 Å². The summed E-state index contributed by atoms with van der Waals surface area (Å²) >= 11 is 0. The molecule has 0 radical (unpaired) electrons. The van der Waals surface area contributed by atoms with Gasteiger partial charge in [-0.2, -0.15) is 0 Å². The minimum atomic E-state index is -0.196. The van der Waals surface area contributed by atoms with Gasteiger partial charge in [-0.25, -0.2) is 9.37 Å². The van der Waals surface area contributed by atoms with Gasteiger partial charge in [-0.05, 0) is 35.7 Å². The van der Waals surface area contributed by atoms with Crippen molar-refractivity contribution >= 4 is 11.5 Å². The third kappa shape index (κ3) is 3.05. The second-order valence-electron chi connectivity index (χ2n) is 5.73. The molecule has 0 atom stereocenters. The maximum absolute atomic E-state index is 13.4. The monoisotopic (exact) mass is 285 g/mol. The molecule has 1 aliphatic rings. The van der Waals surface area contributed by atoms with Gasteiger partial charge in [0.25, 0.3) is 0 Å². The van der Waals surface area contributed by atoms with E-state index in [1.807, 2.05) is 18.3 Å². The highest BCUT2D eigenvalue weighted by atomic mass is 19.1. The van der Waals surface area contributed by atoms with E-state index in [-0.39, 0.29) is 5.82 Å². The lowest BCUT2D eigenvalue weighted by molar-refractivity contribution is 0.588. The highest BCUT2D eigenvalue weighted by Crippen LogP contribution is 2.33. The van der Waals surface area contributed by atoms with E-state index in [1.165, 1.54) is 11.6 Å². The lowest BCUT2D eigenvalue weighted by atomic mass is 10.2. The zero-order valence-corrected chi connectivity index (χ0v) is 12.4. The Balaban J connectivity index is 1.78. The van der Waals surface area contributed by atoms with Gasteiger partial charge in [0, 0.05) is 31.0 Å². The smallest absolute Gasteiger partial charge is 0.132 e. The second kappa shape index (κ2) is 5.82. The molecule has 0 saturated carbocycles. The number of rotatable bonds is 4. The van der Waals surface area contributed by atoms with Crippen LogP contribution in [0.5, 0.6) is 0 Å². The molecule has 0 unspecified atom stereocenters. The van der Waals surface area contributed by atoms with Crippen molar-refractivity contribution in [3.05, 3.63) is 53.5 Å². The fourth-order valence-corrected chi connectivity index (χ4v) is 2.59. The molecule has 1 N–H and O–H groups in total. The summed E-state index contributed by atoms with van der Waals surface area (Å²) in [5.74, 6) is 0.686. The first-order chi connectivity index (χ1) is 10.1. The minimum absolute atomic E-state index is 0.196. The highest BCUT2D eigenvalue weighted by Gasteiger charge is 2.21. The molecule has 21 heavy (non-hydrogen) atoms. The Kier molecular flexibility index (Phi) is 3.88. The van der Waals surface area contributed by atoms with Gasteiger partial charge in [0.2, 0.25) is 0 Å². The topological polar surface area (TPSA) is 28.2 Å². The molecule has 1 aromatic carbocycles. The van der Waals surface area contributed by atoms with Gasteiger partial charge in [0.05, 0.1) is 0 Å². The zero-order valence-electron chi connectivity index (χ0n) is 12.4. The molecule has 110 valence electrons. The Hall–Kier alpha value is -1.94.